The number of hydrogen-bond acceptors (Lipinski definition) is 6. The summed E-state index contributed by atoms with van der Waals surface area (Å²) in [5.41, 5.74) is 16.3. The number of carbonyl (C=O) groups is 2. The summed E-state index contributed by atoms with van der Waals surface area (Å²) in [7, 11) is 0. The van der Waals surface area contributed by atoms with Crippen molar-refractivity contribution in [2.75, 3.05) is 26.2 Å². The van der Waals surface area contributed by atoms with E-state index in [0.29, 0.717) is 22.4 Å². The van der Waals surface area contributed by atoms with Crippen LogP contribution in [0, 0.1) is 20.2 Å². The first-order valence-corrected chi connectivity index (χ1v) is 6.50. The molecule has 0 aliphatic heterocycles. The summed E-state index contributed by atoms with van der Waals surface area (Å²) in [6.07, 6.45) is 0.565. The van der Waals surface area contributed by atoms with Gasteiger partial charge in [0, 0.05) is 12.8 Å². The van der Waals surface area contributed by atoms with Gasteiger partial charge in [-0.15, -0.1) is 10.0 Å². The van der Waals surface area contributed by atoms with Gasteiger partial charge in [-0.3, -0.25) is 9.59 Å². The zero-order chi connectivity index (χ0) is 18.5. The van der Waals surface area contributed by atoms with Gasteiger partial charge < -0.3 is 11.1 Å². The molecule has 0 N–H and O–H groups in total. The van der Waals surface area contributed by atoms with E-state index in [9.17, 15) is 29.8 Å². The minimum atomic E-state index is -0.814. The quantitative estimate of drug-likeness (QED) is 0.126. The normalized spacial score (nSPS) is 9.17. The lowest BCUT2D eigenvalue weighted by molar-refractivity contribution is -0.673. The monoisotopic (exact) mass is 342 g/mol. The number of Topliss-reactive ketones (excluding diaryl/α,β-unsaturated/α-hetero) is 2. The average molecular weight is 342 g/mol. The van der Waals surface area contributed by atoms with E-state index in [1.807, 2.05) is 0 Å². The van der Waals surface area contributed by atoms with Gasteiger partial charge in [-0.25, -0.2) is 20.2 Å². The highest BCUT2D eigenvalue weighted by Gasteiger charge is 2.22. The highest BCUT2D eigenvalue weighted by molar-refractivity contribution is 6.25. The molecule has 0 saturated heterocycles. The maximum atomic E-state index is 11.1. The Kier molecular flexibility index (Phi) is 9.50. The first kappa shape index (κ1) is 20.5. The second-order valence-electron chi connectivity index (χ2n) is 4.30. The van der Waals surface area contributed by atoms with E-state index in [1.54, 1.807) is 0 Å². The minimum Gasteiger partial charge on any atom is -0.361 e. The number of hydrogen-bond donors (Lipinski definition) is 0. The van der Waals surface area contributed by atoms with Crippen LogP contribution < -0.4 is 0 Å². The Hall–Kier alpha value is -3.50. The summed E-state index contributed by atoms with van der Waals surface area (Å²) in [4.78, 5) is 48.9. The molecule has 0 saturated carbocycles. The lowest BCUT2D eigenvalue weighted by Crippen LogP contribution is -2.42. The van der Waals surface area contributed by atoms with Crippen LogP contribution in [-0.4, -0.2) is 79.8 Å². The lowest BCUT2D eigenvalue weighted by Gasteiger charge is -2.17. The van der Waals surface area contributed by atoms with Crippen molar-refractivity contribution in [1.29, 1.82) is 0 Å². The van der Waals surface area contributed by atoms with Crippen molar-refractivity contribution >= 4 is 24.0 Å². The predicted molar refractivity (Wildman–Crippen MR) is 75.7 cm³/mol. The summed E-state index contributed by atoms with van der Waals surface area (Å²) in [6, 6.07) is 0. The van der Waals surface area contributed by atoms with E-state index in [-0.39, 0.29) is 39.0 Å². The van der Waals surface area contributed by atoms with Crippen LogP contribution in [0.1, 0.15) is 12.8 Å². The molecule has 0 aromatic heterocycles. The number of ketones is 2. The molecule has 0 fully saturated rings. The topological polar surface area (TPSA) is 200 Å². The number of rotatable bonds is 13. The highest BCUT2D eigenvalue weighted by Crippen LogP contribution is 1.98. The Bertz CT molecular complexity index is 542. The van der Waals surface area contributed by atoms with Gasteiger partial charge in [0.1, 0.15) is 13.1 Å². The largest absolute Gasteiger partial charge is 0.361 e. The molecule has 0 amide bonds. The fraction of sp³-hybridized carbons (Fsp3) is 0.600. The smallest absolute Gasteiger partial charge is 0.323 e. The van der Waals surface area contributed by atoms with Gasteiger partial charge in [-0.1, -0.05) is 0 Å². The zero-order valence-corrected chi connectivity index (χ0v) is 12.4. The van der Waals surface area contributed by atoms with E-state index < -0.39 is 21.6 Å². The van der Waals surface area contributed by atoms with Gasteiger partial charge in [0.25, 0.3) is 0 Å². The van der Waals surface area contributed by atoms with Crippen LogP contribution in [0.25, 0.3) is 11.1 Å². The van der Waals surface area contributed by atoms with Crippen molar-refractivity contribution in [2.24, 2.45) is 0 Å². The summed E-state index contributed by atoms with van der Waals surface area (Å²) < 4.78 is 0. The van der Waals surface area contributed by atoms with Gasteiger partial charge in [0.15, 0.2) is 10.1 Å². The van der Waals surface area contributed by atoms with Crippen LogP contribution in [0.3, 0.4) is 0 Å². The lowest BCUT2D eigenvalue weighted by atomic mass is 10.3. The molecule has 0 aliphatic rings. The molecule has 0 aromatic rings. The molecular formula is C10H14N8O6. The number of nitro groups is 2. The van der Waals surface area contributed by atoms with E-state index in [2.05, 4.69) is 9.58 Å². The molecule has 0 aromatic carbocycles. The Morgan fingerprint density at radius 1 is 0.833 bits per heavy atom. The molecule has 0 radical (unpaired) electrons. The Labute approximate surface area is 134 Å². The van der Waals surface area contributed by atoms with Crippen LogP contribution in [0.4, 0.5) is 0 Å². The number of nitrogens with zero attached hydrogens (tertiary/aromatic N) is 8. The van der Waals surface area contributed by atoms with E-state index in [1.165, 1.54) is 0 Å². The molecule has 130 valence electrons. The zero-order valence-electron chi connectivity index (χ0n) is 12.4. The molecule has 0 spiro atoms. The molecule has 0 atom stereocenters. The maximum Gasteiger partial charge on any atom is 0.323 e. The average Bonchev–Trinajstić information content (AvgIpc) is 2.49. The second kappa shape index (κ2) is 11.1. The van der Waals surface area contributed by atoms with Crippen LogP contribution in [0.15, 0.2) is 0 Å². The van der Waals surface area contributed by atoms with E-state index in [0.717, 1.165) is 0 Å². The van der Waals surface area contributed by atoms with Gasteiger partial charge >= 0.3 is 12.4 Å². The molecule has 0 aliphatic carbocycles. The molecule has 0 heterocycles. The van der Waals surface area contributed by atoms with Gasteiger partial charge in [0.05, 0.1) is 13.1 Å². The standard InChI is InChI=1S/C10H14N8O6/c11-13-7-9(19)1-3-15(17(21)22)5-6-16(18(23)24)4-2-10(20)8-14-12/h7-8H,1-6H2. The van der Waals surface area contributed by atoms with Crippen molar-refractivity contribution in [3.05, 3.63) is 31.3 Å². The van der Waals surface area contributed by atoms with Gasteiger partial charge in [-0.05, 0) is 0 Å². The second-order valence-corrected chi connectivity index (χ2v) is 4.30. The fourth-order valence-electron chi connectivity index (χ4n) is 1.52. The van der Waals surface area contributed by atoms with Crippen molar-refractivity contribution in [1.82, 2.24) is 10.0 Å². The summed E-state index contributed by atoms with van der Waals surface area (Å²) in [5.74, 6) is -1.30. The fourth-order valence-corrected chi connectivity index (χ4v) is 1.52. The SMILES string of the molecule is [N-]=[N+]=CC(=O)CCN(CCN(CCC(=O)C=[N+]=[N-])[N+](=O)[O-])[N+](=O)[O-]. The maximum absolute atomic E-state index is 11.1. The number of carbonyl (C=O) groups excluding carboxylic acids is 2. The van der Waals surface area contributed by atoms with Gasteiger partial charge in [-0.2, -0.15) is 9.58 Å². The number of hydrazine groups is 2. The molecule has 14 nitrogen and oxygen atoms in total. The first-order chi connectivity index (χ1) is 11.3. The summed E-state index contributed by atoms with van der Waals surface area (Å²) in [5, 5.41) is 21.3. The molecular weight excluding hydrogens is 328 g/mol. The third-order valence-electron chi connectivity index (χ3n) is 2.71. The van der Waals surface area contributed by atoms with Crippen molar-refractivity contribution in [2.45, 2.75) is 12.8 Å². The Morgan fingerprint density at radius 2 is 1.17 bits per heavy atom. The molecule has 0 bridgehead atoms. The molecule has 24 heavy (non-hydrogen) atoms. The summed E-state index contributed by atoms with van der Waals surface area (Å²) in [6.45, 7) is -1.42. The van der Waals surface area contributed by atoms with Crippen LogP contribution >= 0.6 is 0 Å². The predicted octanol–water partition coefficient (Wildman–Crippen LogP) is -1.51. The van der Waals surface area contributed by atoms with Crippen LogP contribution in [0.2, 0.25) is 0 Å². The minimum absolute atomic E-state index is 0.311. The third kappa shape index (κ3) is 8.71. The Balaban J connectivity index is 4.59. The summed E-state index contributed by atoms with van der Waals surface area (Å²) >= 11 is 0. The Morgan fingerprint density at radius 3 is 1.42 bits per heavy atom. The van der Waals surface area contributed by atoms with Crippen molar-refractivity contribution in [3.63, 3.8) is 0 Å². The van der Waals surface area contributed by atoms with Crippen molar-refractivity contribution in [3.8, 4) is 0 Å². The van der Waals surface area contributed by atoms with Crippen LogP contribution in [-0.2, 0) is 9.59 Å². The van der Waals surface area contributed by atoms with E-state index in [4.69, 9.17) is 11.1 Å². The van der Waals surface area contributed by atoms with Gasteiger partial charge in [0.2, 0.25) is 11.6 Å². The molecule has 0 unspecified atom stereocenters. The third-order valence-corrected chi connectivity index (χ3v) is 2.71. The van der Waals surface area contributed by atoms with E-state index >= 15 is 0 Å². The molecule has 14 heteroatoms. The van der Waals surface area contributed by atoms with Crippen LogP contribution in [0.5, 0.6) is 0 Å². The highest BCUT2D eigenvalue weighted by atomic mass is 16.7. The first-order valence-electron chi connectivity index (χ1n) is 6.50. The van der Waals surface area contributed by atoms with Crippen molar-refractivity contribution < 1.29 is 29.2 Å². The molecule has 0 rings (SSSR count).